The fraction of sp³-hybridized carbons (Fsp3) is 0.176. The van der Waals surface area contributed by atoms with E-state index in [1.165, 1.54) is 14.2 Å². The first-order chi connectivity index (χ1) is 20.5. The van der Waals surface area contributed by atoms with Gasteiger partial charge in [-0.1, -0.05) is 42.5 Å². The lowest BCUT2D eigenvalue weighted by Gasteiger charge is -2.38. The molecule has 0 radical (unpaired) electrons. The number of hydrogen-bond acceptors (Lipinski definition) is 7. The number of ether oxygens (including phenoxy) is 2. The summed E-state index contributed by atoms with van der Waals surface area (Å²) in [5, 5.41) is 3.06. The molecular weight excluding hydrogens is 530 g/mol. The molecule has 1 spiro atoms. The van der Waals surface area contributed by atoms with Crippen LogP contribution in [-0.2, 0) is 10.2 Å². The molecule has 4 heterocycles. The molecule has 1 saturated heterocycles. The van der Waals surface area contributed by atoms with Crippen molar-refractivity contribution in [2.75, 3.05) is 19.5 Å². The third-order valence-corrected chi connectivity index (χ3v) is 8.75. The van der Waals surface area contributed by atoms with Crippen molar-refractivity contribution in [3.8, 4) is 11.5 Å². The Kier molecular flexibility index (Phi) is 5.93. The number of nitrogens with one attached hydrogen (secondary N) is 1. The van der Waals surface area contributed by atoms with Gasteiger partial charge in [0, 0.05) is 35.4 Å². The minimum absolute atomic E-state index is 0.300. The van der Waals surface area contributed by atoms with E-state index in [0.717, 1.165) is 11.1 Å². The summed E-state index contributed by atoms with van der Waals surface area (Å²) in [5.74, 6) is -1.10. The van der Waals surface area contributed by atoms with E-state index in [-0.39, 0.29) is 17.5 Å². The van der Waals surface area contributed by atoms with Gasteiger partial charge < -0.3 is 19.7 Å². The van der Waals surface area contributed by atoms with Crippen LogP contribution in [0.1, 0.15) is 43.4 Å². The first-order valence-electron chi connectivity index (χ1n) is 13.7. The Labute approximate surface area is 242 Å². The maximum atomic E-state index is 14.7. The van der Waals surface area contributed by atoms with Gasteiger partial charge in [0.15, 0.2) is 23.1 Å². The summed E-state index contributed by atoms with van der Waals surface area (Å²) in [4.78, 5) is 49.9. The molecule has 8 nitrogen and oxygen atoms in total. The number of ketones is 2. The predicted octanol–water partition coefficient (Wildman–Crippen LogP) is 5.08. The van der Waals surface area contributed by atoms with Crippen LogP contribution in [-0.4, -0.2) is 47.6 Å². The quantitative estimate of drug-likeness (QED) is 0.330. The number of para-hydroxylation sites is 1. The maximum absolute atomic E-state index is 14.7. The molecule has 4 unspecified atom stereocenters. The van der Waals surface area contributed by atoms with Crippen molar-refractivity contribution in [3.63, 3.8) is 0 Å². The summed E-state index contributed by atoms with van der Waals surface area (Å²) >= 11 is 0. The number of anilines is 1. The Balaban J connectivity index is 1.52. The zero-order chi connectivity index (χ0) is 29.0. The summed E-state index contributed by atoms with van der Waals surface area (Å²) in [5.41, 5.74) is 2.49. The van der Waals surface area contributed by atoms with Gasteiger partial charge in [0.25, 0.3) is 0 Å². The molecule has 4 aromatic rings. The molecule has 0 bridgehead atoms. The van der Waals surface area contributed by atoms with Crippen LogP contribution in [0.15, 0.2) is 97.5 Å². The molecule has 1 amide bonds. The van der Waals surface area contributed by atoms with E-state index >= 15 is 0 Å². The van der Waals surface area contributed by atoms with Crippen LogP contribution in [0, 0.1) is 5.92 Å². The smallest absolute Gasteiger partial charge is 0.238 e. The average molecular weight is 558 g/mol. The van der Waals surface area contributed by atoms with Gasteiger partial charge in [-0.15, -0.1) is 0 Å². The van der Waals surface area contributed by atoms with Crippen LogP contribution in [0.25, 0.3) is 6.08 Å². The molecule has 208 valence electrons. The fourth-order valence-corrected chi connectivity index (χ4v) is 7.02. The molecule has 3 aliphatic rings. The van der Waals surface area contributed by atoms with Crippen molar-refractivity contribution < 1.29 is 23.9 Å². The number of hydrogen-bond donors (Lipinski definition) is 1. The Hall–Kier alpha value is -5.24. The van der Waals surface area contributed by atoms with Crippen LogP contribution >= 0.6 is 0 Å². The van der Waals surface area contributed by atoms with Gasteiger partial charge in [-0.25, -0.2) is 0 Å². The Bertz CT molecular complexity index is 1790. The first kappa shape index (κ1) is 25.7. The number of pyridine rings is 1. The molecule has 0 saturated carbocycles. The van der Waals surface area contributed by atoms with Gasteiger partial charge >= 0.3 is 0 Å². The second kappa shape index (κ2) is 9.69. The highest BCUT2D eigenvalue weighted by Gasteiger charge is 2.70. The largest absolute Gasteiger partial charge is 0.493 e. The highest BCUT2D eigenvalue weighted by Crippen LogP contribution is 2.62. The number of fused-ring (bicyclic) bond motifs is 6. The first-order valence-corrected chi connectivity index (χ1v) is 13.7. The lowest BCUT2D eigenvalue weighted by atomic mass is 9.62. The zero-order valence-electron chi connectivity index (χ0n) is 23.0. The zero-order valence-corrected chi connectivity index (χ0v) is 23.0. The highest BCUT2D eigenvalue weighted by atomic mass is 16.5. The van der Waals surface area contributed by atoms with E-state index in [0.29, 0.717) is 33.9 Å². The number of carbonyl (C=O) groups excluding carboxylic acids is 3. The van der Waals surface area contributed by atoms with E-state index in [1.807, 2.05) is 65.7 Å². The highest BCUT2D eigenvalue weighted by molar-refractivity contribution is 6.16. The van der Waals surface area contributed by atoms with Crippen molar-refractivity contribution in [1.82, 2.24) is 9.88 Å². The lowest BCUT2D eigenvalue weighted by Crippen LogP contribution is -2.49. The number of aromatic nitrogens is 1. The molecule has 3 aromatic carbocycles. The average Bonchev–Trinajstić information content (AvgIpc) is 3.52. The van der Waals surface area contributed by atoms with Crippen molar-refractivity contribution in [2.45, 2.75) is 17.5 Å². The Morgan fingerprint density at radius 1 is 0.857 bits per heavy atom. The molecule has 4 atom stereocenters. The minimum Gasteiger partial charge on any atom is -0.493 e. The predicted molar refractivity (Wildman–Crippen MR) is 157 cm³/mol. The maximum Gasteiger partial charge on any atom is 0.238 e. The van der Waals surface area contributed by atoms with Crippen molar-refractivity contribution in [2.24, 2.45) is 5.92 Å². The summed E-state index contributed by atoms with van der Waals surface area (Å²) in [6.07, 6.45) is 6.88. The van der Waals surface area contributed by atoms with Crippen LogP contribution in [0.2, 0.25) is 0 Å². The molecule has 8 heteroatoms. The van der Waals surface area contributed by atoms with Crippen molar-refractivity contribution in [3.05, 3.63) is 125 Å². The van der Waals surface area contributed by atoms with E-state index < -0.39 is 23.4 Å². The molecular formula is C34H27N3O5. The number of methoxy groups -OCH3 is 2. The minimum atomic E-state index is -1.39. The molecule has 1 fully saturated rings. The Morgan fingerprint density at radius 3 is 2.38 bits per heavy atom. The van der Waals surface area contributed by atoms with Crippen LogP contribution < -0.4 is 14.8 Å². The fourth-order valence-electron chi connectivity index (χ4n) is 7.02. The Morgan fingerprint density at radius 2 is 1.60 bits per heavy atom. The second-order valence-corrected chi connectivity index (χ2v) is 10.6. The summed E-state index contributed by atoms with van der Waals surface area (Å²) < 4.78 is 10.9. The van der Waals surface area contributed by atoms with Crippen molar-refractivity contribution >= 4 is 29.2 Å². The molecule has 1 aromatic heterocycles. The number of Topliss-reactive ketones (excluding diaryl/α,β-unsaturated/α-hetero) is 2. The SMILES string of the molecule is COc1ccc(C(=O)C2C(C(=O)c3ccncc3)C3(C(=O)Nc4ccccc43)C3c4ccccc4C=CN23)cc1OC. The standard InChI is InChI=1S/C34H27N3O5/c1-41-26-12-11-22(19-27(26)42-2)31(39)29-28(30(38)21-13-16-35-17-14-21)34(24-9-5-6-10-25(24)36-33(34)40)32-23-8-4-3-7-20(23)15-18-37(29)32/h3-19,28-29,32H,1-2H3,(H,36,40). The number of carbonyl (C=O) groups is 3. The van der Waals surface area contributed by atoms with Crippen LogP contribution in [0.3, 0.4) is 0 Å². The number of rotatable bonds is 6. The van der Waals surface area contributed by atoms with Gasteiger partial charge in [-0.2, -0.15) is 0 Å². The lowest BCUT2D eigenvalue weighted by molar-refractivity contribution is -0.122. The van der Waals surface area contributed by atoms with E-state index in [2.05, 4.69) is 10.3 Å². The van der Waals surface area contributed by atoms with E-state index in [4.69, 9.17) is 9.47 Å². The van der Waals surface area contributed by atoms with Crippen LogP contribution in [0.4, 0.5) is 5.69 Å². The van der Waals surface area contributed by atoms with Gasteiger partial charge in [0.05, 0.1) is 26.2 Å². The molecule has 0 aliphatic carbocycles. The normalized spacial score (nSPS) is 23.1. The number of nitrogens with zero attached hydrogens (tertiary/aromatic N) is 2. The van der Waals surface area contributed by atoms with Crippen LogP contribution in [0.5, 0.6) is 11.5 Å². The summed E-state index contributed by atoms with van der Waals surface area (Å²) in [6, 6.07) is 21.9. The summed E-state index contributed by atoms with van der Waals surface area (Å²) in [6.45, 7) is 0. The van der Waals surface area contributed by atoms with Gasteiger partial charge in [0.2, 0.25) is 5.91 Å². The van der Waals surface area contributed by atoms with E-state index in [1.54, 1.807) is 42.7 Å². The van der Waals surface area contributed by atoms with Gasteiger partial charge in [0.1, 0.15) is 11.5 Å². The topological polar surface area (TPSA) is 97.8 Å². The van der Waals surface area contributed by atoms with Gasteiger partial charge in [-0.05, 0) is 59.2 Å². The number of amides is 1. The van der Waals surface area contributed by atoms with E-state index in [9.17, 15) is 14.4 Å². The summed E-state index contributed by atoms with van der Waals surface area (Å²) in [7, 11) is 3.03. The van der Waals surface area contributed by atoms with Gasteiger partial charge in [-0.3, -0.25) is 19.4 Å². The number of benzene rings is 3. The molecule has 42 heavy (non-hydrogen) atoms. The second-order valence-electron chi connectivity index (χ2n) is 10.6. The molecule has 7 rings (SSSR count). The third kappa shape index (κ3) is 3.48. The molecule has 3 aliphatic heterocycles. The van der Waals surface area contributed by atoms with Crippen molar-refractivity contribution in [1.29, 1.82) is 0 Å². The molecule has 1 N–H and O–H groups in total. The monoisotopic (exact) mass is 557 g/mol. The third-order valence-electron chi connectivity index (χ3n) is 8.75.